The van der Waals surface area contributed by atoms with Crippen molar-refractivity contribution in [2.24, 2.45) is 0 Å². The molecule has 0 bridgehead atoms. The lowest BCUT2D eigenvalue weighted by Crippen LogP contribution is -2.41. The molecule has 0 aromatic carbocycles. The molecule has 12 heavy (non-hydrogen) atoms. The molecule has 1 heterocycles. The largest absolute Gasteiger partial charge is 0.347 e. The molecule has 1 atom stereocenters. The monoisotopic (exact) mass is 174 g/mol. The molecule has 1 aliphatic carbocycles. The van der Waals surface area contributed by atoms with Gasteiger partial charge in [0.15, 0.2) is 17.7 Å². The van der Waals surface area contributed by atoms with Crippen LogP contribution < -0.4 is 0 Å². The van der Waals surface area contributed by atoms with Gasteiger partial charge in [-0.15, -0.1) is 0 Å². The number of Topliss-reactive ketones (excluding diaryl/α,β-unsaturated/α-hetero) is 1. The molecule has 4 heteroatoms. The van der Waals surface area contributed by atoms with Crippen LogP contribution in [-0.2, 0) is 14.3 Å². The van der Waals surface area contributed by atoms with Crippen LogP contribution in [0.3, 0.4) is 0 Å². The van der Waals surface area contributed by atoms with Gasteiger partial charge in [-0.1, -0.05) is 0 Å². The van der Waals surface area contributed by atoms with Crippen molar-refractivity contribution in [3.63, 3.8) is 0 Å². The number of rotatable bonds is 0. The van der Waals surface area contributed by atoms with Crippen molar-refractivity contribution in [3.05, 3.63) is 0 Å². The number of hydrogen-bond acceptors (Lipinski definition) is 3. The van der Waals surface area contributed by atoms with E-state index < -0.39 is 12.0 Å². The van der Waals surface area contributed by atoms with Gasteiger partial charge in [0.25, 0.3) is 0 Å². The summed E-state index contributed by atoms with van der Waals surface area (Å²) in [5.74, 6) is -1.09. The Morgan fingerprint density at radius 1 is 1.42 bits per heavy atom. The first kappa shape index (κ1) is 8.13. The van der Waals surface area contributed by atoms with Crippen LogP contribution in [-0.4, -0.2) is 31.0 Å². The molecule has 68 valence electrons. The minimum absolute atomic E-state index is 0.0752. The summed E-state index contributed by atoms with van der Waals surface area (Å²) in [5.41, 5.74) is 0. The van der Waals surface area contributed by atoms with Gasteiger partial charge in [-0.3, -0.25) is 4.79 Å². The molecule has 2 fully saturated rings. The Balaban J connectivity index is 2.05. The van der Waals surface area contributed by atoms with E-state index in [4.69, 9.17) is 9.47 Å². The second-order valence-corrected chi connectivity index (χ2v) is 3.25. The zero-order chi connectivity index (χ0) is 8.60. The van der Waals surface area contributed by atoms with Crippen LogP contribution in [0.2, 0.25) is 0 Å². The highest BCUT2D eigenvalue weighted by molar-refractivity contribution is 5.83. The normalized spacial score (nSPS) is 34.4. The van der Waals surface area contributed by atoms with Crippen molar-refractivity contribution >= 4 is 5.78 Å². The Morgan fingerprint density at radius 2 is 2.08 bits per heavy atom. The maximum Gasteiger partial charge on any atom is 0.172 e. The number of hydrogen-bond donors (Lipinski definition) is 0. The molecule has 0 aromatic rings. The summed E-state index contributed by atoms with van der Waals surface area (Å²) in [6.07, 6.45) is -0.573. The molecule has 0 amide bonds. The summed E-state index contributed by atoms with van der Waals surface area (Å²) >= 11 is 0. The van der Waals surface area contributed by atoms with E-state index in [1.165, 1.54) is 0 Å². The molecule has 3 nitrogen and oxygen atoms in total. The van der Waals surface area contributed by atoms with Crippen LogP contribution in [0.1, 0.15) is 19.3 Å². The first-order chi connectivity index (χ1) is 5.72. The van der Waals surface area contributed by atoms with Crippen LogP contribution in [0.5, 0.6) is 0 Å². The standard InChI is InChI=1S/C8H11FO3/c9-6-5-8(2-1-7(6)10)11-3-4-12-8/h6H,1-5H2. The molecule has 0 aromatic heterocycles. The van der Waals surface area contributed by atoms with Crippen molar-refractivity contribution in [2.45, 2.75) is 31.2 Å². The van der Waals surface area contributed by atoms with Crippen LogP contribution in [0, 0.1) is 0 Å². The van der Waals surface area contributed by atoms with Crippen molar-refractivity contribution < 1.29 is 18.7 Å². The van der Waals surface area contributed by atoms with E-state index in [1.807, 2.05) is 0 Å². The van der Waals surface area contributed by atoms with Gasteiger partial charge in [0.2, 0.25) is 0 Å². The average Bonchev–Trinajstić information content (AvgIpc) is 2.47. The second kappa shape index (κ2) is 2.78. The molecule has 0 radical (unpaired) electrons. The Hall–Kier alpha value is -0.480. The van der Waals surface area contributed by atoms with E-state index >= 15 is 0 Å². The summed E-state index contributed by atoms with van der Waals surface area (Å²) in [5, 5.41) is 0. The zero-order valence-electron chi connectivity index (χ0n) is 6.72. The predicted octanol–water partition coefficient (Wildman–Crippen LogP) is 0.821. The maximum atomic E-state index is 13.0. The van der Waals surface area contributed by atoms with E-state index in [0.29, 0.717) is 19.6 Å². The lowest BCUT2D eigenvalue weighted by Gasteiger charge is -2.32. The summed E-state index contributed by atoms with van der Waals surface area (Å²) < 4.78 is 23.5. The van der Waals surface area contributed by atoms with Crippen molar-refractivity contribution in [3.8, 4) is 0 Å². The van der Waals surface area contributed by atoms with E-state index in [-0.39, 0.29) is 18.6 Å². The average molecular weight is 174 g/mol. The third-order valence-corrected chi connectivity index (χ3v) is 2.41. The van der Waals surface area contributed by atoms with E-state index in [2.05, 4.69) is 0 Å². The Kier molecular flexibility index (Phi) is 1.88. The second-order valence-electron chi connectivity index (χ2n) is 3.25. The van der Waals surface area contributed by atoms with Gasteiger partial charge in [0.05, 0.1) is 13.2 Å². The van der Waals surface area contributed by atoms with Crippen LogP contribution >= 0.6 is 0 Å². The fourth-order valence-electron chi connectivity index (χ4n) is 1.72. The Bertz CT molecular complexity index is 198. The molecule has 0 N–H and O–H groups in total. The van der Waals surface area contributed by atoms with Crippen LogP contribution in [0.25, 0.3) is 0 Å². The summed E-state index contributed by atoms with van der Waals surface area (Å²) in [4.78, 5) is 10.8. The number of halogens is 1. The first-order valence-electron chi connectivity index (χ1n) is 4.17. The summed E-state index contributed by atoms with van der Waals surface area (Å²) in [6.45, 7) is 1.03. The third kappa shape index (κ3) is 1.25. The van der Waals surface area contributed by atoms with Gasteiger partial charge in [-0.2, -0.15) is 0 Å². The van der Waals surface area contributed by atoms with Crippen LogP contribution in [0.4, 0.5) is 4.39 Å². The van der Waals surface area contributed by atoms with Gasteiger partial charge >= 0.3 is 0 Å². The molecular formula is C8H11FO3. The Morgan fingerprint density at radius 3 is 2.67 bits per heavy atom. The molecular weight excluding hydrogens is 163 g/mol. The van der Waals surface area contributed by atoms with Crippen molar-refractivity contribution in [1.82, 2.24) is 0 Å². The van der Waals surface area contributed by atoms with E-state index in [1.54, 1.807) is 0 Å². The molecule has 1 aliphatic heterocycles. The zero-order valence-corrected chi connectivity index (χ0v) is 6.72. The number of ether oxygens (including phenoxy) is 2. The van der Waals surface area contributed by atoms with Gasteiger partial charge in [0.1, 0.15) is 0 Å². The van der Waals surface area contributed by atoms with Gasteiger partial charge in [-0.05, 0) is 0 Å². The lowest BCUT2D eigenvalue weighted by molar-refractivity contribution is -0.190. The highest BCUT2D eigenvalue weighted by Gasteiger charge is 2.44. The molecule has 1 saturated heterocycles. The van der Waals surface area contributed by atoms with Crippen molar-refractivity contribution in [1.29, 1.82) is 0 Å². The fraction of sp³-hybridized carbons (Fsp3) is 0.875. The lowest BCUT2D eigenvalue weighted by atomic mass is 9.91. The topological polar surface area (TPSA) is 35.5 Å². The minimum Gasteiger partial charge on any atom is -0.347 e. The number of ketones is 1. The highest BCUT2D eigenvalue weighted by atomic mass is 19.1. The van der Waals surface area contributed by atoms with Gasteiger partial charge in [-0.25, -0.2) is 4.39 Å². The van der Waals surface area contributed by atoms with Gasteiger partial charge in [0, 0.05) is 19.3 Å². The maximum absolute atomic E-state index is 13.0. The molecule has 2 aliphatic rings. The minimum atomic E-state index is -1.39. The van der Waals surface area contributed by atoms with E-state index in [9.17, 15) is 9.18 Å². The van der Waals surface area contributed by atoms with Crippen molar-refractivity contribution in [2.75, 3.05) is 13.2 Å². The first-order valence-corrected chi connectivity index (χ1v) is 4.17. The SMILES string of the molecule is O=C1CCC2(CC1F)OCCO2. The quantitative estimate of drug-likeness (QED) is 0.545. The predicted molar refractivity (Wildman–Crippen MR) is 38.4 cm³/mol. The van der Waals surface area contributed by atoms with Gasteiger partial charge < -0.3 is 9.47 Å². The molecule has 1 saturated carbocycles. The third-order valence-electron chi connectivity index (χ3n) is 2.41. The molecule has 2 rings (SSSR count). The van der Waals surface area contributed by atoms with E-state index in [0.717, 1.165) is 0 Å². The fourth-order valence-corrected chi connectivity index (χ4v) is 1.72. The summed E-state index contributed by atoms with van der Waals surface area (Å²) in [6, 6.07) is 0. The number of carbonyl (C=O) groups excluding carboxylic acids is 1. The Labute approximate surface area is 69.8 Å². The molecule has 1 spiro atoms. The summed E-state index contributed by atoms with van der Waals surface area (Å²) in [7, 11) is 0. The molecule has 1 unspecified atom stereocenters. The highest BCUT2D eigenvalue weighted by Crippen LogP contribution is 2.35. The van der Waals surface area contributed by atoms with Crippen LogP contribution in [0.15, 0.2) is 0 Å². The smallest absolute Gasteiger partial charge is 0.172 e. The number of carbonyl (C=O) groups is 1. The number of alkyl halides is 1.